The maximum Gasteiger partial charge on any atom is 0.270 e. The minimum absolute atomic E-state index is 0.194. The predicted octanol–water partition coefficient (Wildman–Crippen LogP) is 0.423. The van der Waals surface area contributed by atoms with Crippen LogP contribution in [0, 0.1) is 0 Å². The minimum Gasteiger partial charge on any atom is -0.340 e. The van der Waals surface area contributed by atoms with Gasteiger partial charge in [0.25, 0.3) is 5.91 Å². The molecule has 70 valence electrons. The molecular weight excluding hydrogens is 194 g/mol. The van der Waals surface area contributed by atoms with Gasteiger partial charge in [0.2, 0.25) is 0 Å². The normalized spacial score (nSPS) is 47.2. The van der Waals surface area contributed by atoms with E-state index in [2.05, 4.69) is 0 Å². The largest absolute Gasteiger partial charge is 0.340 e. The molecule has 0 aromatic rings. The maximum atomic E-state index is 11.6. The Morgan fingerprint density at radius 3 is 3.38 bits per heavy atom. The first-order valence-corrected chi connectivity index (χ1v) is 4.65. The lowest BCUT2D eigenvalue weighted by Crippen LogP contribution is -2.56. The van der Waals surface area contributed by atoms with Crippen LogP contribution in [-0.4, -0.2) is 34.8 Å². The van der Waals surface area contributed by atoms with Crippen molar-refractivity contribution in [3.63, 3.8) is 0 Å². The minimum atomic E-state index is -0.648. The summed E-state index contributed by atoms with van der Waals surface area (Å²) in [5.74, 6) is -0.194. The molecule has 0 aromatic carbocycles. The van der Waals surface area contributed by atoms with Gasteiger partial charge < -0.3 is 4.74 Å². The van der Waals surface area contributed by atoms with E-state index in [0.29, 0.717) is 13.0 Å². The Labute approximate surface area is 80.0 Å². The van der Waals surface area contributed by atoms with E-state index < -0.39 is 11.1 Å². The third kappa shape index (κ3) is 0.808. The predicted molar refractivity (Wildman–Crippen MR) is 43.8 cm³/mol. The van der Waals surface area contributed by atoms with E-state index in [-0.39, 0.29) is 12.0 Å². The molecule has 3 atom stereocenters. The monoisotopic (exact) mass is 201 g/mol. The van der Waals surface area contributed by atoms with Gasteiger partial charge in [0, 0.05) is 6.42 Å². The van der Waals surface area contributed by atoms with E-state index in [1.54, 1.807) is 0 Å². The second-order valence-electron chi connectivity index (χ2n) is 3.40. The lowest BCUT2D eigenvalue weighted by atomic mass is 10.1. The molecule has 3 aliphatic rings. The van der Waals surface area contributed by atoms with Crippen LogP contribution in [0.15, 0.2) is 12.2 Å². The smallest absolute Gasteiger partial charge is 0.270 e. The Morgan fingerprint density at radius 2 is 2.54 bits per heavy atom. The second kappa shape index (κ2) is 2.26. The zero-order valence-corrected chi connectivity index (χ0v) is 7.53. The van der Waals surface area contributed by atoms with Crippen molar-refractivity contribution in [3.05, 3.63) is 12.2 Å². The summed E-state index contributed by atoms with van der Waals surface area (Å²) in [4.78, 5) is 16.8. The van der Waals surface area contributed by atoms with Gasteiger partial charge >= 0.3 is 0 Å². The zero-order chi connectivity index (χ0) is 9.05. The van der Waals surface area contributed by atoms with E-state index in [0.717, 1.165) is 0 Å². The molecule has 0 unspecified atom stereocenters. The summed E-state index contributed by atoms with van der Waals surface area (Å²) < 4.78 is 5.63. The molecule has 0 saturated carbocycles. The highest BCUT2D eigenvalue weighted by atomic mass is 35.5. The second-order valence-corrected chi connectivity index (χ2v) is 3.87. The van der Waals surface area contributed by atoms with Gasteiger partial charge in [-0.05, 0) is 6.08 Å². The Balaban J connectivity index is 2.06. The van der Waals surface area contributed by atoms with E-state index in [1.165, 1.54) is 5.06 Å². The highest BCUT2D eigenvalue weighted by Gasteiger charge is 2.56. The number of alkyl halides is 1. The van der Waals surface area contributed by atoms with Crippen molar-refractivity contribution in [2.75, 3.05) is 6.61 Å². The van der Waals surface area contributed by atoms with Crippen molar-refractivity contribution >= 4 is 17.5 Å². The summed E-state index contributed by atoms with van der Waals surface area (Å²) >= 11 is 5.88. The molecule has 2 saturated heterocycles. The molecule has 3 rings (SSSR count). The fourth-order valence-electron chi connectivity index (χ4n) is 1.97. The van der Waals surface area contributed by atoms with Crippen LogP contribution in [-0.2, 0) is 14.4 Å². The molecule has 2 fully saturated rings. The van der Waals surface area contributed by atoms with E-state index in [4.69, 9.17) is 21.2 Å². The van der Waals surface area contributed by atoms with Gasteiger partial charge in [0.15, 0.2) is 5.72 Å². The number of carbonyl (C=O) groups excluding carboxylic acids is 1. The molecule has 3 heterocycles. The number of nitrogens with zero attached hydrogens (tertiary/aromatic N) is 1. The van der Waals surface area contributed by atoms with Crippen molar-refractivity contribution < 1.29 is 14.4 Å². The fraction of sp³-hybridized carbons (Fsp3) is 0.625. The third-order valence-corrected chi connectivity index (χ3v) is 3.07. The van der Waals surface area contributed by atoms with Gasteiger partial charge in [-0.2, -0.15) is 5.06 Å². The lowest BCUT2D eigenvalue weighted by molar-refractivity contribution is -0.248. The molecule has 0 aliphatic carbocycles. The van der Waals surface area contributed by atoms with E-state index in [9.17, 15) is 4.79 Å². The Kier molecular flexibility index (Phi) is 1.35. The van der Waals surface area contributed by atoms with Crippen LogP contribution in [0.5, 0.6) is 0 Å². The van der Waals surface area contributed by atoms with Crippen LogP contribution >= 0.6 is 11.6 Å². The number of rotatable bonds is 0. The van der Waals surface area contributed by atoms with Crippen LogP contribution in [0.3, 0.4) is 0 Å². The van der Waals surface area contributed by atoms with Crippen LogP contribution in [0.25, 0.3) is 0 Å². The summed E-state index contributed by atoms with van der Waals surface area (Å²) in [7, 11) is 0. The van der Waals surface area contributed by atoms with Crippen molar-refractivity contribution in [1.82, 2.24) is 5.06 Å². The summed E-state index contributed by atoms with van der Waals surface area (Å²) in [6, 6.07) is 0. The van der Waals surface area contributed by atoms with Gasteiger partial charge in [-0.3, -0.25) is 9.63 Å². The number of hydrogen-bond donors (Lipinski definition) is 0. The summed E-state index contributed by atoms with van der Waals surface area (Å²) in [5.41, 5.74) is -0.646. The highest BCUT2D eigenvalue weighted by Crippen LogP contribution is 2.42. The summed E-state index contributed by atoms with van der Waals surface area (Å²) in [6.45, 7) is 0.506. The Bertz CT molecular complexity index is 306. The molecule has 1 spiro atoms. The third-order valence-electron chi connectivity index (χ3n) is 2.64. The molecule has 3 aliphatic heterocycles. The van der Waals surface area contributed by atoms with Crippen LogP contribution < -0.4 is 0 Å². The van der Waals surface area contributed by atoms with Crippen molar-refractivity contribution in [1.29, 1.82) is 0 Å². The number of amides is 1. The fourth-order valence-corrected chi connectivity index (χ4v) is 2.20. The topological polar surface area (TPSA) is 38.8 Å². The van der Waals surface area contributed by atoms with Gasteiger partial charge in [-0.1, -0.05) is 6.08 Å². The molecule has 13 heavy (non-hydrogen) atoms. The molecule has 4 nitrogen and oxygen atoms in total. The number of halogens is 1. The average Bonchev–Trinajstić information content (AvgIpc) is 2.70. The quantitative estimate of drug-likeness (QED) is 0.421. The summed E-state index contributed by atoms with van der Waals surface area (Å²) in [5, 5.41) is 0.620. The molecule has 2 bridgehead atoms. The van der Waals surface area contributed by atoms with Gasteiger partial charge in [-0.15, -0.1) is 11.6 Å². The van der Waals surface area contributed by atoms with Crippen molar-refractivity contribution in [3.8, 4) is 0 Å². The summed E-state index contributed by atoms with van der Waals surface area (Å²) in [6.07, 6.45) is 4.11. The van der Waals surface area contributed by atoms with E-state index >= 15 is 0 Å². The number of fused-ring (bicyclic) bond motifs is 1. The Morgan fingerprint density at radius 1 is 1.69 bits per heavy atom. The number of hydroxylamine groups is 2. The molecule has 1 amide bonds. The van der Waals surface area contributed by atoms with E-state index in [1.807, 2.05) is 12.2 Å². The van der Waals surface area contributed by atoms with Gasteiger partial charge in [-0.25, -0.2) is 0 Å². The first-order chi connectivity index (χ1) is 6.23. The van der Waals surface area contributed by atoms with Crippen LogP contribution in [0.2, 0.25) is 0 Å². The average molecular weight is 202 g/mol. The SMILES string of the molecule is O=C1[C@@H](Cl)[C@H]2C=C[C@]3(CCON13)O2. The van der Waals surface area contributed by atoms with Crippen molar-refractivity contribution in [2.45, 2.75) is 23.6 Å². The highest BCUT2D eigenvalue weighted by molar-refractivity contribution is 6.31. The molecule has 0 aromatic heterocycles. The number of hydrogen-bond acceptors (Lipinski definition) is 3. The standard InChI is InChI=1S/C8H8ClNO3/c9-6-5-1-2-8(13-5)3-4-12-10(8)7(6)11/h1-2,5-6H,3-4H2/t5-,6+,8-/m1/s1. The van der Waals surface area contributed by atoms with Gasteiger partial charge in [0.05, 0.1) is 6.61 Å². The maximum absolute atomic E-state index is 11.6. The lowest BCUT2D eigenvalue weighted by Gasteiger charge is -2.38. The first kappa shape index (κ1) is 7.79. The van der Waals surface area contributed by atoms with Crippen molar-refractivity contribution in [2.24, 2.45) is 0 Å². The molecule has 5 heteroatoms. The molecule has 0 N–H and O–H groups in total. The Hall–Kier alpha value is -0.580. The zero-order valence-electron chi connectivity index (χ0n) is 6.77. The van der Waals surface area contributed by atoms with Crippen LogP contribution in [0.1, 0.15) is 6.42 Å². The molecule has 0 radical (unpaired) electrons. The molecular formula is C8H8ClNO3. The van der Waals surface area contributed by atoms with Gasteiger partial charge in [0.1, 0.15) is 11.5 Å². The number of ether oxygens (including phenoxy) is 1. The first-order valence-electron chi connectivity index (χ1n) is 4.21. The van der Waals surface area contributed by atoms with Crippen LogP contribution in [0.4, 0.5) is 0 Å². The number of carbonyl (C=O) groups is 1.